The number of aliphatic hydroxyl groups is 1. The predicted molar refractivity (Wildman–Crippen MR) is 80.1 cm³/mol. The molecule has 0 aliphatic rings. The number of urea groups is 1. The van der Waals surface area contributed by atoms with Crippen LogP contribution in [-0.2, 0) is 6.54 Å². The second kappa shape index (κ2) is 7.56. The first-order chi connectivity index (χ1) is 9.40. The van der Waals surface area contributed by atoms with E-state index in [-0.39, 0.29) is 18.2 Å². The van der Waals surface area contributed by atoms with E-state index in [1.807, 2.05) is 45.0 Å². The zero-order chi connectivity index (χ0) is 15.0. The highest BCUT2D eigenvalue weighted by Crippen LogP contribution is 2.03. The van der Waals surface area contributed by atoms with Crippen LogP contribution in [0.2, 0.25) is 0 Å². The Morgan fingerprint density at radius 3 is 2.45 bits per heavy atom. The Kier molecular flexibility index (Phi) is 6.08. The second-order valence-electron chi connectivity index (χ2n) is 5.53. The lowest BCUT2D eigenvalue weighted by atomic mass is 10.1. The van der Waals surface area contributed by atoms with Crippen LogP contribution in [0.25, 0.3) is 0 Å². The van der Waals surface area contributed by atoms with Gasteiger partial charge in [0, 0.05) is 24.1 Å². The van der Waals surface area contributed by atoms with Crippen LogP contribution in [0.4, 0.5) is 4.79 Å². The lowest BCUT2D eigenvalue weighted by Gasteiger charge is -2.20. The molecule has 1 rings (SSSR count). The third-order valence-corrected chi connectivity index (χ3v) is 2.37. The summed E-state index contributed by atoms with van der Waals surface area (Å²) in [6, 6.07) is 7.50. The molecule has 0 radical (unpaired) electrons. The Hall–Kier alpha value is -1.99. The molecule has 0 atom stereocenters. The molecular weight excluding hydrogens is 252 g/mol. The molecule has 0 unspecified atom stereocenters. The molecule has 0 aromatic heterocycles. The minimum atomic E-state index is -0.240. The minimum absolute atomic E-state index is 0.0812. The standard InChI is InChI=1S/C16H22N2O2/c1-16(2,3)18-15(20)17-12-14-9-7-13(8-10-14)6-4-5-11-19/h7-10,19H,5,11-12H2,1-3H3,(H2,17,18,20). The molecule has 20 heavy (non-hydrogen) atoms. The fraction of sp³-hybridized carbons (Fsp3) is 0.438. The van der Waals surface area contributed by atoms with E-state index in [0.29, 0.717) is 13.0 Å². The fourth-order valence-corrected chi connectivity index (χ4v) is 1.49. The summed E-state index contributed by atoms with van der Waals surface area (Å²) >= 11 is 0. The van der Waals surface area contributed by atoms with Gasteiger partial charge in [-0.25, -0.2) is 4.79 Å². The third-order valence-electron chi connectivity index (χ3n) is 2.37. The number of hydrogen-bond donors (Lipinski definition) is 3. The average molecular weight is 274 g/mol. The van der Waals surface area contributed by atoms with Crippen LogP contribution in [0.5, 0.6) is 0 Å². The summed E-state index contributed by atoms with van der Waals surface area (Å²) in [4.78, 5) is 11.6. The van der Waals surface area contributed by atoms with Crippen LogP contribution in [0, 0.1) is 11.8 Å². The molecule has 0 saturated carbocycles. The molecular formula is C16H22N2O2. The smallest absolute Gasteiger partial charge is 0.315 e. The predicted octanol–water partition coefficient (Wildman–Crippen LogP) is 2.02. The first-order valence-electron chi connectivity index (χ1n) is 6.65. The maximum absolute atomic E-state index is 11.6. The third kappa shape index (κ3) is 6.81. The van der Waals surface area contributed by atoms with Crippen LogP contribution in [-0.4, -0.2) is 23.3 Å². The summed E-state index contributed by atoms with van der Waals surface area (Å²) in [6.45, 7) is 6.37. The van der Waals surface area contributed by atoms with E-state index in [4.69, 9.17) is 5.11 Å². The highest BCUT2D eigenvalue weighted by atomic mass is 16.2. The SMILES string of the molecule is CC(C)(C)NC(=O)NCc1ccc(C#CCCO)cc1. The van der Waals surface area contributed by atoms with Gasteiger partial charge in [-0.1, -0.05) is 24.0 Å². The van der Waals surface area contributed by atoms with Gasteiger partial charge in [0.15, 0.2) is 0 Å². The normalized spacial score (nSPS) is 10.4. The van der Waals surface area contributed by atoms with Crippen molar-refractivity contribution in [3.63, 3.8) is 0 Å². The van der Waals surface area contributed by atoms with Crippen molar-refractivity contribution in [2.45, 2.75) is 39.3 Å². The van der Waals surface area contributed by atoms with E-state index < -0.39 is 0 Å². The number of benzene rings is 1. The number of aliphatic hydroxyl groups excluding tert-OH is 1. The first kappa shape index (κ1) is 16.1. The lowest BCUT2D eigenvalue weighted by molar-refractivity contribution is 0.231. The van der Waals surface area contributed by atoms with Crippen molar-refractivity contribution in [1.29, 1.82) is 0 Å². The number of carbonyl (C=O) groups is 1. The van der Waals surface area contributed by atoms with Gasteiger partial charge in [0.05, 0.1) is 6.61 Å². The molecule has 0 aliphatic carbocycles. The summed E-state index contributed by atoms with van der Waals surface area (Å²) < 4.78 is 0. The fourth-order valence-electron chi connectivity index (χ4n) is 1.49. The molecule has 0 heterocycles. The van der Waals surface area contributed by atoms with Crippen molar-refractivity contribution in [3.05, 3.63) is 35.4 Å². The summed E-state index contributed by atoms with van der Waals surface area (Å²) in [5, 5.41) is 14.3. The molecule has 4 heteroatoms. The van der Waals surface area contributed by atoms with Gasteiger partial charge in [0.2, 0.25) is 0 Å². The number of hydrogen-bond acceptors (Lipinski definition) is 2. The van der Waals surface area contributed by atoms with Crippen LogP contribution in [0.1, 0.15) is 38.3 Å². The first-order valence-corrected chi connectivity index (χ1v) is 6.65. The molecule has 2 amide bonds. The van der Waals surface area contributed by atoms with E-state index in [1.54, 1.807) is 0 Å². The maximum atomic E-state index is 11.6. The molecule has 4 nitrogen and oxygen atoms in total. The van der Waals surface area contributed by atoms with E-state index in [1.165, 1.54) is 0 Å². The Bertz CT molecular complexity index is 490. The highest BCUT2D eigenvalue weighted by Gasteiger charge is 2.12. The largest absolute Gasteiger partial charge is 0.395 e. The number of nitrogens with one attached hydrogen (secondary N) is 2. The van der Waals surface area contributed by atoms with E-state index >= 15 is 0 Å². The maximum Gasteiger partial charge on any atom is 0.315 e. The molecule has 0 bridgehead atoms. The van der Waals surface area contributed by atoms with E-state index in [9.17, 15) is 4.79 Å². The zero-order valence-electron chi connectivity index (χ0n) is 12.3. The molecule has 0 fully saturated rings. The second-order valence-corrected chi connectivity index (χ2v) is 5.53. The minimum Gasteiger partial charge on any atom is -0.395 e. The van der Waals surface area contributed by atoms with Gasteiger partial charge in [0.1, 0.15) is 0 Å². The zero-order valence-corrected chi connectivity index (χ0v) is 12.3. The van der Waals surface area contributed by atoms with Crippen molar-refractivity contribution in [1.82, 2.24) is 10.6 Å². The van der Waals surface area contributed by atoms with Crippen molar-refractivity contribution >= 4 is 6.03 Å². The van der Waals surface area contributed by atoms with Crippen LogP contribution >= 0.6 is 0 Å². The summed E-state index contributed by atoms with van der Waals surface area (Å²) in [7, 11) is 0. The van der Waals surface area contributed by atoms with Gasteiger partial charge in [-0.05, 0) is 38.5 Å². The summed E-state index contributed by atoms with van der Waals surface area (Å²) in [6.07, 6.45) is 0.482. The van der Waals surface area contributed by atoms with Crippen molar-refractivity contribution in [3.8, 4) is 11.8 Å². The summed E-state index contributed by atoms with van der Waals surface area (Å²) in [5.41, 5.74) is 1.68. The Morgan fingerprint density at radius 2 is 1.90 bits per heavy atom. The highest BCUT2D eigenvalue weighted by molar-refractivity contribution is 5.74. The van der Waals surface area contributed by atoms with Crippen molar-refractivity contribution in [2.75, 3.05) is 6.61 Å². The molecule has 1 aromatic carbocycles. The molecule has 0 saturated heterocycles. The number of carbonyl (C=O) groups excluding carboxylic acids is 1. The van der Waals surface area contributed by atoms with Crippen molar-refractivity contribution in [2.24, 2.45) is 0 Å². The molecule has 108 valence electrons. The van der Waals surface area contributed by atoms with Crippen LogP contribution < -0.4 is 10.6 Å². The summed E-state index contributed by atoms with van der Waals surface area (Å²) in [5.74, 6) is 5.83. The van der Waals surface area contributed by atoms with Gasteiger partial charge in [-0.2, -0.15) is 0 Å². The van der Waals surface area contributed by atoms with Gasteiger partial charge in [-0.3, -0.25) is 0 Å². The van der Waals surface area contributed by atoms with Gasteiger partial charge < -0.3 is 15.7 Å². The van der Waals surface area contributed by atoms with Crippen molar-refractivity contribution < 1.29 is 9.90 Å². The van der Waals surface area contributed by atoms with E-state index in [0.717, 1.165) is 11.1 Å². The molecule has 0 spiro atoms. The van der Waals surface area contributed by atoms with Gasteiger partial charge in [0.25, 0.3) is 0 Å². The molecule has 0 aliphatic heterocycles. The Balaban J connectivity index is 2.46. The Labute approximate surface area is 120 Å². The van der Waals surface area contributed by atoms with Gasteiger partial charge in [-0.15, -0.1) is 0 Å². The lowest BCUT2D eigenvalue weighted by Crippen LogP contribution is -2.46. The number of amides is 2. The number of rotatable bonds is 3. The quantitative estimate of drug-likeness (QED) is 0.738. The Morgan fingerprint density at radius 1 is 1.25 bits per heavy atom. The van der Waals surface area contributed by atoms with E-state index in [2.05, 4.69) is 22.5 Å². The monoisotopic (exact) mass is 274 g/mol. The van der Waals surface area contributed by atoms with Crippen LogP contribution in [0.15, 0.2) is 24.3 Å². The van der Waals surface area contributed by atoms with Gasteiger partial charge >= 0.3 is 6.03 Å². The average Bonchev–Trinajstić information content (AvgIpc) is 2.36. The van der Waals surface area contributed by atoms with Crippen LogP contribution in [0.3, 0.4) is 0 Å². The molecule has 1 aromatic rings. The topological polar surface area (TPSA) is 61.4 Å². The molecule has 3 N–H and O–H groups in total.